The number of aromatic nitrogens is 4. The lowest BCUT2D eigenvalue weighted by atomic mass is 10.1. The highest BCUT2D eigenvalue weighted by atomic mass is 19.4. The van der Waals surface area contributed by atoms with Crippen LogP contribution in [0, 0.1) is 5.92 Å². The first-order chi connectivity index (χ1) is 17.5. The maximum Gasteiger partial charge on any atom is 0.490 e. The number of carboxylic acid groups (broad SMARTS) is 1. The number of nitrogens with zero attached hydrogens (tertiary/aromatic N) is 6. The maximum atomic E-state index is 13.0. The van der Waals surface area contributed by atoms with E-state index in [0.29, 0.717) is 13.1 Å². The highest BCUT2D eigenvalue weighted by molar-refractivity contribution is 5.94. The molecule has 1 aliphatic heterocycles. The van der Waals surface area contributed by atoms with E-state index >= 15 is 0 Å². The molecular formula is C25H29F3N6O3. The summed E-state index contributed by atoms with van der Waals surface area (Å²) in [6, 6.07) is 7.82. The lowest BCUT2D eigenvalue weighted by Gasteiger charge is -2.21. The number of carbonyl (C=O) groups is 2. The Morgan fingerprint density at radius 2 is 1.76 bits per heavy atom. The Hall–Kier alpha value is -3.83. The predicted molar refractivity (Wildman–Crippen MR) is 130 cm³/mol. The van der Waals surface area contributed by atoms with Gasteiger partial charge in [-0.05, 0) is 43.0 Å². The van der Waals surface area contributed by atoms with Crippen molar-refractivity contribution >= 4 is 17.6 Å². The smallest absolute Gasteiger partial charge is 0.475 e. The number of benzene rings is 1. The molecule has 9 nitrogen and oxygen atoms in total. The van der Waals surface area contributed by atoms with Gasteiger partial charge in [-0.2, -0.15) is 18.3 Å². The molecule has 12 heteroatoms. The number of alkyl halides is 3. The van der Waals surface area contributed by atoms with Gasteiger partial charge in [-0.1, -0.05) is 0 Å². The minimum Gasteiger partial charge on any atom is -0.475 e. The molecule has 0 radical (unpaired) electrons. The van der Waals surface area contributed by atoms with Gasteiger partial charge in [0.05, 0.1) is 18.1 Å². The number of halogens is 3. The molecule has 1 aromatic carbocycles. The van der Waals surface area contributed by atoms with Crippen LogP contribution in [0.25, 0.3) is 11.3 Å². The molecule has 2 aromatic heterocycles. The summed E-state index contributed by atoms with van der Waals surface area (Å²) in [5.41, 5.74) is 4.03. The molecule has 0 spiro atoms. The lowest BCUT2D eigenvalue weighted by molar-refractivity contribution is -0.192. The van der Waals surface area contributed by atoms with E-state index in [4.69, 9.17) is 9.90 Å². The van der Waals surface area contributed by atoms with Crippen LogP contribution in [0.15, 0.2) is 42.9 Å². The molecule has 0 bridgehead atoms. The minimum atomic E-state index is -5.08. The Bertz CT molecular complexity index is 1250. The Morgan fingerprint density at radius 1 is 1.08 bits per heavy atom. The van der Waals surface area contributed by atoms with Crippen LogP contribution in [0.4, 0.5) is 18.9 Å². The molecule has 2 aliphatic rings. The molecule has 37 heavy (non-hydrogen) atoms. The molecule has 1 aliphatic carbocycles. The molecule has 0 unspecified atom stereocenters. The van der Waals surface area contributed by atoms with Crippen LogP contribution in [0.2, 0.25) is 0 Å². The fraction of sp³-hybridized carbons (Fsp3) is 0.440. The van der Waals surface area contributed by atoms with Crippen LogP contribution < -0.4 is 4.90 Å². The second-order valence-electron chi connectivity index (χ2n) is 9.39. The molecule has 3 heterocycles. The largest absolute Gasteiger partial charge is 0.490 e. The van der Waals surface area contributed by atoms with Crippen molar-refractivity contribution in [3.05, 3.63) is 54.2 Å². The van der Waals surface area contributed by atoms with Crippen LogP contribution in [0.1, 0.15) is 29.0 Å². The highest BCUT2D eigenvalue weighted by Gasteiger charge is 2.38. The predicted octanol–water partition coefficient (Wildman–Crippen LogP) is 3.55. The standard InChI is InChI=1S/C23H28N6O.C2HF3O2/c1-26(2)20-7-5-18(6-8-20)23(30)27-10-9-22-24-14-21(29(22)12-11-27)19-13-25-28(16-19)15-17-3-4-17;3-2(4,5)1(6)7/h5-8,13-14,16-17H,3-4,9-12,15H2,1-2H3;(H,6,7). The number of rotatable bonds is 5. The lowest BCUT2D eigenvalue weighted by Crippen LogP contribution is -2.33. The van der Waals surface area contributed by atoms with Crippen molar-refractivity contribution in [2.45, 2.75) is 38.5 Å². The summed E-state index contributed by atoms with van der Waals surface area (Å²) in [4.78, 5) is 30.6. The van der Waals surface area contributed by atoms with Crippen molar-refractivity contribution in [1.82, 2.24) is 24.2 Å². The molecule has 1 saturated carbocycles. The van der Waals surface area contributed by atoms with Crippen molar-refractivity contribution < 1.29 is 27.9 Å². The summed E-state index contributed by atoms with van der Waals surface area (Å²) in [7, 11) is 4.00. The average Bonchev–Trinajstić information content (AvgIpc) is 3.47. The van der Waals surface area contributed by atoms with Crippen molar-refractivity contribution in [1.29, 1.82) is 0 Å². The molecule has 0 atom stereocenters. The third-order valence-corrected chi connectivity index (χ3v) is 6.37. The van der Waals surface area contributed by atoms with Crippen LogP contribution in [0.3, 0.4) is 0 Å². The third-order valence-electron chi connectivity index (χ3n) is 6.37. The molecule has 3 aromatic rings. The third kappa shape index (κ3) is 6.49. The van der Waals surface area contributed by atoms with E-state index in [1.165, 1.54) is 12.8 Å². The van der Waals surface area contributed by atoms with Crippen LogP contribution in [-0.2, 0) is 24.3 Å². The van der Waals surface area contributed by atoms with E-state index in [0.717, 1.165) is 53.8 Å². The van der Waals surface area contributed by atoms with E-state index in [-0.39, 0.29) is 5.91 Å². The monoisotopic (exact) mass is 518 g/mol. The van der Waals surface area contributed by atoms with Gasteiger partial charge in [-0.15, -0.1) is 0 Å². The number of hydrogen-bond donors (Lipinski definition) is 1. The number of aliphatic carboxylic acids is 1. The van der Waals surface area contributed by atoms with Gasteiger partial charge in [0.1, 0.15) is 5.82 Å². The zero-order chi connectivity index (χ0) is 26.7. The summed E-state index contributed by atoms with van der Waals surface area (Å²) in [6.45, 7) is 3.13. The number of fused-ring (bicyclic) bond motifs is 1. The number of hydrogen-bond acceptors (Lipinski definition) is 5. The zero-order valence-corrected chi connectivity index (χ0v) is 20.6. The second kappa shape index (κ2) is 10.7. The Morgan fingerprint density at radius 3 is 2.35 bits per heavy atom. The van der Waals surface area contributed by atoms with E-state index in [1.54, 1.807) is 0 Å². The Labute approximate surface area is 212 Å². The first kappa shape index (κ1) is 26.2. The van der Waals surface area contributed by atoms with Crippen LogP contribution in [-0.4, -0.2) is 74.6 Å². The first-order valence-corrected chi connectivity index (χ1v) is 12.0. The number of imidazole rings is 1. The molecule has 5 rings (SSSR count). The summed E-state index contributed by atoms with van der Waals surface area (Å²) in [5, 5.41) is 11.7. The summed E-state index contributed by atoms with van der Waals surface area (Å²) in [6.07, 6.45) is 4.33. The minimum absolute atomic E-state index is 0.0878. The van der Waals surface area contributed by atoms with E-state index in [2.05, 4.69) is 25.5 Å². The second-order valence-corrected chi connectivity index (χ2v) is 9.39. The van der Waals surface area contributed by atoms with Gasteiger partial charge in [0.25, 0.3) is 5.91 Å². The average molecular weight is 519 g/mol. The molecule has 1 fully saturated rings. The van der Waals surface area contributed by atoms with Crippen molar-refractivity contribution in [3.63, 3.8) is 0 Å². The number of carboxylic acids is 1. The molecule has 1 N–H and O–H groups in total. The fourth-order valence-electron chi connectivity index (χ4n) is 4.11. The zero-order valence-electron chi connectivity index (χ0n) is 20.6. The first-order valence-electron chi connectivity index (χ1n) is 12.0. The normalized spacial score (nSPS) is 15.3. The van der Waals surface area contributed by atoms with Gasteiger partial charge in [0.15, 0.2) is 0 Å². The molecule has 1 amide bonds. The quantitative estimate of drug-likeness (QED) is 0.555. The summed E-state index contributed by atoms with van der Waals surface area (Å²) >= 11 is 0. The molecular weight excluding hydrogens is 489 g/mol. The topological polar surface area (TPSA) is 96.5 Å². The van der Waals surface area contributed by atoms with Gasteiger partial charge >= 0.3 is 12.1 Å². The fourth-order valence-corrected chi connectivity index (χ4v) is 4.11. The van der Waals surface area contributed by atoms with Crippen molar-refractivity contribution in [3.8, 4) is 11.3 Å². The van der Waals surface area contributed by atoms with Gasteiger partial charge in [-0.3, -0.25) is 9.48 Å². The van der Waals surface area contributed by atoms with Crippen molar-refractivity contribution in [2.24, 2.45) is 5.92 Å². The summed E-state index contributed by atoms with van der Waals surface area (Å²) in [5.74, 6) is -0.831. The number of anilines is 1. The van der Waals surface area contributed by atoms with E-state index in [1.807, 2.05) is 60.6 Å². The molecule has 198 valence electrons. The van der Waals surface area contributed by atoms with E-state index in [9.17, 15) is 18.0 Å². The molecule has 0 saturated heterocycles. The van der Waals surface area contributed by atoms with Gasteiger partial charge in [0.2, 0.25) is 0 Å². The van der Waals surface area contributed by atoms with Crippen molar-refractivity contribution in [2.75, 3.05) is 32.1 Å². The van der Waals surface area contributed by atoms with Gasteiger partial charge < -0.3 is 19.5 Å². The van der Waals surface area contributed by atoms with Gasteiger partial charge in [-0.25, -0.2) is 9.78 Å². The van der Waals surface area contributed by atoms with Crippen LogP contribution >= 0.6 is 0 Å². The summed E-state index contributed by atoms with van der Waals surface area (Å²) < 4.78 is 36.0. The number of carbonyl (C=O) groups excluding carboxylic acids is 1. The Kier molecular flexibility index (Phi) is 7.55. The Balaban J connectivity index is 0.000000405. The highest BCUT2D eigenvalue weighted by Crippen LogP contribution is 2.31. The van der Waals surface area contributed by atoms with E-state index < -0.39 is 12.1 Å². The van der Waals surface area contributed by atoms with Gasteiger partial charge in [0, 0.05) is 69.7 Å². The SMILES string of the molecule is CN(C)c1ccc(C(=O)N2CCc3ncc(-c4cnn(CC5CC5)c4)n3CC2)cc1.O=C(O)C(F)(F)F. The number of amides is 1. The maximum absolute atomic E-state index is 13.0. The van der Waals surface area contributed by atoms with Crippen LogP contribution in [0.5, 0.6) is 0 Å².